The van der Waals surface area contributed by atoms with E-state index in [0.29, 0.717) is 25.9 Å². The highest BCUT2D eigenvalue weighted by molar-refractivity contribution is 5.72. The summed E-state index contributed by atoms with van der Waals surface area (Å²) in [6, 6.07) is 4.27. The fourth-order valence-electron chi connectivity index (χ4n) is 3.42. The van der Waals surface area contributed by atoms with Gasteiger partial charge in [0.15, 0.2) is 12.0 Å². The van der Waals surface area contributed by atoms with E-state index in [-0.39, 0.29) is 36.8 Å². The third-order valence-corrected chi connectivity index (χ3v) is 4.72. The average molecular weight is 368 g/mol. The summed E-state index contributed by atoms with van der Waals surface area (Å²) in [6.45, 7) is 6.88. The van der Waals surface area contributed by atoms with Crippen LogP contribution in [0.1, 0.15) is 39.5 Å². The highest BCUT2D eigenvalue weighted by Crippen LogP contribution is 2.46. The molecule has 0 aromatic carbocycles. The summed E-state index contributed by atoms with van der Waals surface area (Å²) in [5.74, 6) is 4.00. The number of allylic oxidation sites excluding steroid dienone is 1. The molecule has 27 heavy (non-hydrogen) atoms. The number of carbonyl (C=O) groups is 2. The van der Waals surface area contributed by atoms with Crippen LogP contribution in [0.5, 0.6) is 0 Å². The van der Waals surface area contributed by atoms with Crippen LogP contribution >= 0.6 is 0 Å². The molecule has 0 N–H and O–H groups in total. The Morgan fingerprint density at radius 2 is 1.93 bits per heavy atom. The fourth-order valence-corrected chi connectivity index (χ4v) is 3.42. The van der Waals surface area contributed by atoms with Gasteiger partial charge >= 0.3 is 11.9 Å². The summed E-state index contributed by atoms with van der Waals surface area (Å²) in [4.78, 5) is 22.8. The molecule has 1 fully saturated rings. The van der Waals surface area contributed by atoms with E-state index in [1.165, 1.54) is 6.92 Å². The minimum absolute atomic E-state index is 0.0392. The van der Waals surface area contributed by atoms with Crippen LogP contribution in [0.4, 0.5) is 0 Å². The smallest absolute Gasteiger partial charge is 0.308 e. The van der Waals surface area contributed by atoms with Gasteiger partial charge in [-0.3, -0.25) is 9.59 Å². The number of carbonyl (C=O) groups excluding carboxylic acids is 2. The molecule has 1 aliphatic carbocycles. The predicted molar refractivity (Wildman–Crippen MR) is 97.3 cm³/mol. The first-order valence-electron chi connectivity index (χ1n) is 8.88. The van der Waals surface area contributed by atoms with Gasteiger partial charge in [0, 0.05) is 13.3 Å². The standard InChI is InChI=1S/C21H24N2O4/c1-4-8-17-13-18(20(25)26-5-2)9-10-19(17)21(14-22,15-23)11-6-7-12-27-16(3)24/h8,17-19H,1,5,9-13H2,2-3H3/t17-,18+,19?/m1/s1. The Bertz CT molecular complexity index is 727. The zero-order valence-corrected chi connectivity index (χ0v) is 15.8. The van der Waals surface area contributed by atoms with Gasteiger partial charge in [-0.2, -0.15) is 10.5 Å². The van der Waals surface area contributed by atoms with Gasteiger partial charge in [0.25, 0.3) is 0 Å². The number of nitriles is 2. The van der Waals surface area contributed by atoms with Crippen molar-refractivity contribution in [1.29, 1.82) is 10.5 Å². The SMILES string of the molecule is C=C=C[C@@H]1C[C@@H](C(=O)OCC)CCC1C(C#N)(C#N)CC#CCOC(C)=O. The second-order valence-corrected chi connectivity index (χ2v) is 6.41. The van der Waals surface area contributed by atoms with Gasteiger partial charge in [-0.1, -0.05) is 18.4 Å². The molecule has 1 aliphatic rings. The summed E-state index contributed by atoms with van der Waals surface area (Å²) in [5.41, 5.74) is 1.41. The van der Waals surface area contributed by atoms with Crippen LogP contribution in [0.25, 0.3) is 0 Å². The first-order valence-corrected chi connectivity index (χ1v) is 8.88. The lowest BCUT2D eigenvalue weighted by Gasteiger charge is -2.38. The van der Waals surface area contributed by atoms with Gasteiger partial charge in [-0.25, -0.2) is 0 Å². The van der Waals surface area contributed by atoms with E-state index >= 15 is 0 Å². The maximum Gasteiger partial charge on any atom is 0.308 e. The summed E-state index contributed by atoms with van der Waals surface area (Å²) in [6.07, 6.45) is 3.33. The molecule has 1 unspecified atom stereocenters. The topological polar surface area (TPSA) is 100 Å². The zero-order chi connectivity index (χ0) is 20.3. The molecule has 0 aromatic heterocycles. The molecule has 0 aromatic rings. The average Bonchev–Trinajstić information content (AvgIpc) is 2.65. The Kier molecular flexibility index (Phi) is 8.87. The lowest BCUT2D eigenvalue weighted by Crippen LogP contribution is -2.38. The fraction of sp³-hybridized carbons (Fsp3) is 0.571. The van der Waals surface area contributed by atoms with Crippen molar-refractivity contribution >= 4 is 11.9 Å². The van der Waals surface area contributed by atoms with Crippen LogP contribution < -0.4 is 0 Å². The molecule has 142 valence electrons. The molecule has 0 radical (unpaired) electrons. The predicted octanol–water partition coefficient (Wildman–Crippen LogP) is 2.91. The Morgan fingerprint density at radius 1 is 1.22 bits per heavy atom. The van der Waals surface area contributed by atoms with Gasteiger partial charge in [0.2, 0.25) is 0 Å². The van der Waals surface area contributed by atoms with Gasteiger partial charge in [0.1, 0.15) is 0 Å². The first-order chi connectivity index (χ1) is 12.9. The molecule has 0 aliphatic heterocycles. The highest BCUT2D eigenvalue weighted by atomic mass is 16.5. The third-order valence-electron chi connectivity index (χ3n) is 4.72. The Hall–Kier alpha value is -3.00. The van der Waals surface area contributed by atoms with Gasteiger partial charge < -0.3 is 9.47 Å². The maximum absolute atomic E-state index is 12.1. The molecule has 3 atom stereocenters. The zero-order valence-electron chi connectivity index (χ0n) is 15.8. The molecule has 6 nitrogen and oxygen atoms in total. The van der Waals surface area contributed by atoms with Gasteiger partial charge in [0.05, 0.1) is 24.7 Å². The van der Waals surface area contributed by atoms with Crippen molar-refractivity contribution in [2.24, 2.45) is 23.2 Å². The van der Waals surface area contributed by atoms with Crippen molar-refractivity contribution in [3.05, 3.63) is 18.4 Å². The number of nitrogens with zero attached hydrogens (tertiary/aromatic N) is 2. The van der Waals surface area contributed by atoms with Crippen LogP contribution in [0.3, 0.4) is 0 Å². The normalized spacial score (nSPS) is 21.3. The third kappa shape index (κ3) is 6.03. The molecule has 1 rings (SSSR count). The molecule has 0 saturated heterocycles. The highest BCUT2D eigenvalue weighted by Gasteiger charge is 2.46. The van der Waals surface area contributed by atoms with Crippen molar-refractivity contribution in [1.82, 2.24) is 0 Å². The lowest BCUT2D eigenvalue weighted by atomic mass is 9.61. The van der Waals surface area contributed by atoms with Crippen molar-refractivity contribution in [3.63, 3.8) is 0 Å². The molecule has 0 amide bonds. The van der Waals surface area contributed by atoms with E-state index in [1.807, 2.05) is 0 Å². The minimum atomic E-state index is -1.32. The molecule has 6 heteroatoms. The van der Waals surface area contributed by atoms with E-state index in [2.05, 4.69) is 36.3 Å². The number of hydrogen-bond acceptors (Lipinski definition) is 6. The summed E-state index contributed by atoms with van der Waals surface area (Å²) in [5, 5.41) is 19.5. The van der Waals surface area contributed by atoms with Crippen molar-refractivity contribution < 1.29 is 19.1 Å². The molecule has 0 heterocycles. The summed E-state index contributed by atoms with van der Waals surface area (Å²) in [7, 11) is 0. The van der Waals surface area contributed by atoms with Gasteiger partial charge in [-0.05, 0) is 44.1 Å². The number of rotatable bonds is 6. The Balaban J connectivity index is 3.00. The Morgan fingerprint density at radius 3 is 2.48 bits per heavy atom. The quantitative estimate of drug-likeness (QED) is 0.406. The second-order valence-electron chi connectivity index (χ2n) is 6.41. The maximum atomic E-state index is 12.1. The molecular formula is C21H24N2O4. The van der Waals surface area contributed by atoms with Crippen LogP contribution in [0, 0.1) is 57.7 Å². The van der Waals surface area contributed by atoms with Crippen molar-refractivity contribution in [2.45, 2.75) is 39.5 Å². The van der Waals surface area contributed by atoms with Crippen LogP contribution in [0.2, 0.25) is 0 Å². The molecular weight excluding hydrogens is 344 g/mol. The van der Waals surface area contributed by atoms with Crippen molar-refractivity contribution in [2.75, 3.05) is 13.2 Å². The molecule has 1 saturated carbocycles. The number of hydrogen-bond donors (Lipinski definition) is 0. The lowest BCUT2D eigenvalue weighted by molar-refractivity contribution is -0.150. The van der Waals surface area contributed by atoms with E-state index < -0.39 is 11.4 Å². The monoisotopic (exact) mass is 368 g/mol. The number of ether oxygens (including phenoxy) is 2. The van der Waals surface area contributed by atoms with Crippen LogP contribution in [-0.2, 0) is 19.1 Å². The first kappa shape index (κ1) is 22.0. The van der Waals surface area contributed by atoms with Crippen LogP contribution in [0.15, 0.2) is 18.4 Å². The van der Waals surface area contributed by atoms with E-state index in [0.717, 1.165) is 0 Å². The van der Waals surface area contributed by atoms with E-state index in [9.17, 15) is 20.1 Å². The van der Waals surface area contributed by atoms with E-state index in [1.54, 1.807) is 13.0 Å². The molecule has 0 bridgehead atoms. The van der Waals surface area contributed by atoms with Crippen LogP contribution in [-0.4, -0.2) is 25.2 Å². The van der Waals surface area contributed by atoms with Crippen molar-refractivity contribution in [3.8, 4) is 24.0 Å². The Labute approximate surface area is 160 Å². The largest absolute Gasteiger partial charge is 0.466 e. The minimum Gasteiger partial charge on any atom is -0.466 e. The molecule has 0 spiro atoms. The number of esters is 2. The second kappa shape index (κ2) is 10.9. The summed E-state index contributed by atoms with van der Waals surface area (Å²) >= 11 is 0. The van der Waals surface area contributed by atoms with E-state index in [4.69, 9.17) is 9.47 Å². The summed E-state index contributed by atoms with van der Waals surface area (Å²) < 4.78 is 9.85. The van der Waals surface area contributed by atoms with Gasteiger partial charge in [-0.15, -0.1) is 5.73 Å².